The Kier molecular flexibility index (Phi) is 7.60. The highest BCUT2D eigenvalue weighted by molar-refractivity contribution is 7.13. The number of unbranched alkanes of at least 4 members (excludes halogenated alkanes) is 1. The Morgan fingerprint density at radius 3 is 2.60 bits per heavy atom. The van der Waals surface area contributed by atoms with Gasteiger partial charge in [-0.15, -0.1) is 11.3 Å². The number of thiazole rings is 1. The number of anilines is 1. The van der Waals surface area contributed by atoms with Crippen molar-refractivity contribution in [3.63, 3.8) is 0 Å². The van der Waals surface area contributed by atoms with E-state index >= 15 is 0 Å². The number of carbonyl (C=O) groups is 2. The van der Waals surface area contributed by atoms with Gasteiger partial charge in [0.05, 0.1) is 12.5 Å². The third-order valence-electron chi connectivity index (χ3n) is 4.01. The summed E-state index contributed by atoms with van der Waals surface area (Å²) in [7, 11) is 0. The van der Waals surface area contributed by atoms with E-state index in [4.69, 9.17) is 0 Å². The van der Waals surface area contributed by atoms with E-state index in [-0.39, 0.29) is 24.3 Å². The zero-order valence-corrected chi connectivity index (χ0v) is 15.6. The van der Waals surface area contributed by atoms with E-state index in [2.05, 4.69) is 17.2 Å². The minimum atomic E-state index is -0.217. The van der Waals surface area contributed by atoms with Crippen molar-refractivity contribution in [2.24, 2.45) is 0 Å². The lowest BCUT2D eigenvalue weighted by Crippen LogP contribution is -2.41. The molecule has 1 unspecified atom stereocenters. The topological polar surface area (TPSA) is 62.3 Å². The molecule has 0 spiro atoms. The molecule has 2 aromatic rings. The second kappa shape index (κ2) is 9.93. The summed E-state index contributed by atoms with van der Waals surface area (Å²) >= 11 is 1.37. The molecule has 5 nitrogen and oxygen atoms in total. The van der Waals surface area contributed by atoms with Gasteiger partial charge in [-0.1, -0.05) is 50.6 Å². The quantitative estimate of drug-likeness (QED) is 0.738. The molecule has 1 N–H and O–H groups in total. The lowest BCUT2D eigenvalue weighted by atomic mass is 9.95. The van der Waals surface area contributed by atoms with E-state index in [0.29, 0.717) is 18.1 Å². The SMILES string of the molecule is CCCCN(CC(=O)Nc1nccs1)C(=O)C(CC)c1ccccc1. The number of amides is 2. The summed E-state index contributed by atoms with van der Waals surface area (Å²) in [6.45, 7) is 4.72. The van der Waals surface area contributed by atoms with E-state index < -0.39 is 0 Å². The van der Waals surface area contributed by atoms with Gasteiger partial charge < -0.3 is 10.2 Å². The molecule has 0 radical (unpaired) electrons. The first-order valence-corrected chi connectivity index (χ1v) is 9.56. The molecule has 1 aromatic heterocycles. The monoisotopic (exact) mass is 359 g/mol. The summed E-state index contributed by atoms with van der Waals surface area (Å²) in [4.78, 5) is 31.1. The Hall–Kier alpha value is -2.21. The van der Waals surface area contributed by atoms with Crippen molar-refractivity contribution in [1.29, 1.82) is 0 Å². The van der Waals surface area contributed by atoms with Gasteiger partial charge in [0, 0.05) is 18.1 Å². The van der Waals surface area contributed by atoms with Crippen LogP contribution in [-0.4, -0.2) is 34.8 Å². The van der Waals surface area contributed by atoms with Gasteiger partial charge in [-0.2, -0.15) is 0 Å². The number of aromatic nitrogens is 1. The summed E-state index contributed by atoms with van der Waals surface area (Å²) in [5, 5.41) is 5.12. The number of hydrogen-bond acceptors (Lipinski definition) is 4. The first-order chi connectivity index (χ1) is 12.2. The van der Waals surface area contributed by atoms with Crippen molar-refractivity contribution in [1.82, 2.24) is 9.88 Å². The highest BCUT2D eigenvalue weighted by Gasteiger charge is 2.25. The van der Waals surface area contributed by atoms with Crippen molar-refractivity contribution in [3.8, 4) is 0 Å². The first kappa shape index (κ1) is 19.1. The van der Waals surface area contributed by atoms with Crippen LogP contribution in [0.4, 0.5) is 5.13 Å². The third kappa shape index (κ3) is 5.67. The van der Waals surface area contributed by atoms with Crippen LogP contribution in [0, 0.1) is 0 Å². The number of carbonyl (C=O) groups excluding carboxylic acids is 2. The predicted octanol–water partition coefficient (Wildman–Crippen LogP) is 3.90. The summed E-state index contributed by atoms with van der Waals surface area (Å²) in [6, 6.07) is 9.77. The van der Waals surface area contributed by atoms with Crippen molar-refractivity contribution in [2.45, 2.75) is 39.0 Å². The number of benzene rings is 1. The smallest absolute Gasteiger partial charge is 0.245 e. The number of nitrogens with one attached hydrogen (secondary N) is 1. The van der Waals surface area contributed by atoms with E-state index in [0.717, 1.165) is 18.4 Å². The zero-order valence-electron chi connectivity index (χ0n) is 14.8. The lowest BCUT2D eigenvalue weighted by Gasteiger charge is -2.26. The summed E-state index contributed by atoms with van der Waals surface area (Å²) < 4.78 is 0. The summed E-state index contributed by atoms with van der Waals surface area (Å²) in [5.41, 5.74) is 0.997. The predicted molar refractivity (Wildman–Crippen MR) is 102 cm³/mol. The molecule has 6 heteroatoms. The molecule has 1 heterocycles. The van der Waals surface area contributed by atoms with Crippen LogP contribution in [-0.2, 0) is 9.59 Å². The molecule has 1 atom stereocenters. The number of nitrogens with zero attached hydrogens (tertiary/aromatic N) is 2. The highest BCUT2D eigenvalue weighted by atomic mass is 32.1. The molecular weight excluding hydrogens is 334 g/mol. The molecule has 0 aliphatic rings. The normalized spacial score (nSPS) is 11.8. The molecule has 0 aliphatic carbocycles. The first-order valence-electron chi connectivity index (χ1n) is 8.68. The Bertz CT molecular complexity index is 659. The minimum absolute atomic E-state index is 0.0106. The Balaban J connectivity index is 2.08. The van der Waals surface area contributed by atoms with Crippen LogP contribution in [0.3, 0.4) is 0 Å². The summed E-state index contributed by atoms with van der Waals surface area (Å²) in [5.74, 6) is -0.413. The Labute approximate surface area is 153 Å². The second-order valence-corrected chi connectivity index (χ2v) is 6.76. The zero-order chi connectivity index (χ0) is 18.1. The van der Waals surface area contributed by atoms with Crippen molar-refractivity contribution in [2.75, 3.05) is 18.4 Å². The van der Waals surface area contributed by atoms with Crippen LogP contribution in [0.2, 0.25) is 0 Å². The fraction of sp³-hybridized carbons (Fsp3) is 0.421. The van der Waals surface area contributed by atoms with E-state index in [1.54, 1.807) is 16.5 Å². The van der Waals surface area contributed by atoms with Gasteiger partial charge in [0.2, 0.25) is 11.8 Å². The Morgan fingerprint density at radius 2 is 2.00 bits per heavy atom. The molecule has 134 valence electrons. The van der Waals surface area contributed by atoms with Crippen LogP contribution in [0.5, 0.6) is 0 Å². The third-order valence-corrected chi connectivity index (χ3v) is 4.70. The van der Waals surface area contributed by atoms with Crippen LogP contribution in [0.25, 0.3) is 0 Å². The van der Waals surface area contributed by atoms with Crippen molar-refractivity contribution >= 4 is 28.3 Å². The molecule has 2 rings (SSSR count). The lowest BCUT2D eigenvalue weighted by molar-refractivity contribution is -0.136. The maximum atomic E-state index is 13.1. The number of rotatable bonds is 9. The van der Waals surface area contributed by atoms with Gasteiger partial charge in [0.15, 0.2) is 5.13 Å². The number of hydrogen-bond donors (Lipinski definition) is 1. The molecule has 0 fully saturated rings. The Morgan fingerprint density at radius 1 is 1.24 bits per heavy atom. The van der Waals surface area contributed by atoms with E-state index in [9.17, 15) is 9.59 Å². The van der Waals surface area contributed by atoms with Gasteiger partial charge >= 0.3 is 0 Å². The fourth-order valence-electron chi connectivity index (χ4n) is 2.69. The molecule has 1 aromatic carbocycles. The second-order valence-electron chi connectivity index (χ2n) is 5.87. The van der Waals surface area contributed by atoms with Crippen LogP contribution < -0.4 is 5.32 Å². The molecular formula is C19H25N3O2S. The molecule has 0 saturated heterocycles. The molecule has 0 saturated carbocycles. The summed E-state index contributed by atoms with van der Waals surface area (Å²) in [6.07, 6.45) is 4.20. The van der Waals surface area contributed by atoms with Crippen LogP contribution in [0.15, 0.2) is 41.9 Å². The standard InChI is InChI=1S/C19H25N3O2S/c1-3-5-12-22(14-17(23)21-19-20-11-13-25-19)18(24)16(4-2)15-9-7-6-8-10-15/h6-11,13,16H,3-5,12,14H2,1-2H3,(H,20,21,23). The minimum Gasteiger partial charge on any atom is -0.333 e. The molecule has 0 bridgehead atoms. The maximum absolute atomic E-state index is 13.1. The average Bonchev–Trinajstić information content (AvgIpc) is 3.13. The average molecular weight is 359 g/mol. The van der Waals surface area contributed by atoms with Gasteiger partial charge in [0.1, 0.15) is 0 Å². The van der Waals surface area contributed by atoms with Crippen LogP contribution in [0.1, 0.15) is 44.6 Å². The van der Waals surface area contributed by atoms with Crippen LogP contribution >= 0.6 is 11.3 Å². The van der Waals surface area contributed by atoms with E-state index in [1.165, 1.54) is 11.3 Å². The fourth-order valence-corrected chi connectivity index (χ4v) is 3.24. The van der Waals surface area contributed by atoms with Gasteiger partial charge in [0.25, 0.3) is 0 Å². The van der Waals surface area contributed by atoms with Gasteiger partial charge in [-0.05, 0) is 18.4 Å². The maximum Gasteiger partial charge on any atom is 0.245 e. The largest absolute Gasteiger partial charge is 0.333 e. The molecule has 0 aliphatic heterocycles. The molecule has 25 heavy (non-hydrogen) atoms. The van der Waals surface area contributed by atoms with Gasteiger partial charge in [-0.3, -0.25) is 9.59 Å². The molecule has 2 amide bonds. The highest BCUT2D eigenvalue weighted by Crippen LogP contribution is 2.22. The van der Waals surface area contributed by atoms with Gasteiger partial charge in [-0.25, -0.2) is 4.98 Å². The van der Waals surface area contributed by atoms with E-state index in [1.807, 2.05) is 37.3 Å². The van der Waals surface area contributed by atoms with Crippen molar-refractivity contribution in [3.05, 3.63) is 47.5 Å². The van der Waals surface area contributed by atoms with Crippen molar-refractivity contribution < 1.29 is 9.59 Å².